The van der Waals surface area contributed by atoms with E-state index in [0.717, 1.165) is 9.37 Å². The summed E-state index contributed by atoms with van der Waals surface area (Å²) in [5, 5.41) is 11.2. The zero-order chi connectivity index (χ0) is 21.9. The maximum atomic E-state index is 12.4. The van der Waals surface area contributed by atoms with Crippen molar-refractivity contribution in [3.05, 3.63) is 39.1 Å². The van der Waals surface area contributed by atoms with Gasteiger partial charge in [0, 0.05) is 9.37 Å². The molecule has 0 amide bonds. The molecule has 0 spiro atoms. The number of anilines is 1. The molecule has 15 heteroatoms. The normalized spacial score (nSPS) is 30.5. The Bertz CT molecular complexity index is 1280. The minimum atomic E-state index is -4.30. The summed E-state index contributed by atoms with van der Waals surface area (Å²) < 4.78 is 29.8. The second-order valence-corrected chi connectivity index (χ2v) is 10.2. The van der Waals surface area contributed by atoms with Crippen LogP contribution in [0.2, 0.25) is 0 Å². The standard InChI is InChI=1S/C16H15BrN5O7PS/c17-6-2-1-3-7(4-6)31-16-19-9-12(20-15(18)21-13(9)24)22(16)14-10(23)11-8(28-14)5-27-30(25,26)29-11/h1-4,8,10-11,14,23H,5H2,(H,25,26)(H3,18,20,21,24)/t8-,10-,11-,14-/m1/s1. The van der Waals surface area contributed by atoms with Crippen LogP contribution in [-0.2, 0) is 18.3 Å². The molecule has 1 aromatic carbocycles. The van der Waals surface area contributed by atoms with Gasteiger partial charge in [0.05, 0.1) is 6.61 Å². The van der Waals surface area contributed by atoms with Crippen molar-refractivity contribution in [1.82, 2.24) is 19.5 Å². The minimum absolute atomic E-state index is 0.00219. The van der Waals surface area contributed by atoms with Crippen LogP contribution in [0.1, 0.15) is 6.23 Å². The second kappa shape index (κ2) is 7.67. The molecule has 2 saturated heterocycles. The number of hydrogen-bond acceptors (Lipinski definition) is 10. The number of nitrogens with one attached hydrogen (secondary N) is 1. The van der Waals surface area contributed by atoms with Gasteiger partial charge in [0.25, 0.3) is 5.56 Å². The number of nitrogen functional groups attached to an aromatic ring is 1. The van der Waals surface area contributed by atoms with E-state index in [9.17, 15) is 19.4 Å². The van der Waals surface area contributed by atoms with Crippen molar-refractivity contribution in [1.29, 1.82) is 0 Å². The molecule has 12 nitrogen and oxygen atoms in total. The molecule has 31 heavy (non-hydrogen) atoms. The zero-order valence-electron chi connectivity index (χ0n) is 15.4. The molecule has 5 N–H and O–H groups in total. The van der Waals surface area contributed by atoms with E-state index in [-0.39, 0.29) is 23.7 Å². The number of aromatic nitrogens is 4. The Kier molecular flexibility index (Phi) is 5.22. The number of fused-ring (bicyclic) bond motifs is 2. The first-order valence-corrected chi connectivity index (χ1v) is 12.0. The van der Waals surface area contributed by atoms with Crippen LogP contribution in [0.4, 0.5) is 5.95 Å². The molecule has 4 heterocycles. The molecular weight excluding hydrogens is 517 g/mol. The molecule has 0 aliphatic carbocycles. The van der Waals surface area contributed by atoms with Crippen LogP contribution in [0.25, 0.3) is 11.2 Å². The summed E-state index contributed by atoms with van der Waals surface area (Å²) in [4.78, 5) is 33.8. The van der Waals surface area contributed by atoms with E-state index in [1.54, 1.807) is 0 Å². The molecule has 2 aromatic heterocycles. The number of rotatable bonds is 3. The summed E-state index contributed by atoms with van der Waals surface area (Å²) in [5.41, 5.74) is 5.26. The van der Waals surface area contributed by atoms with E-state index in [1.807, 2.05) is 24.3 Å². The highest BCUT2D eigenvalue weighted by Gasteiger charge is 2.53. The number of aliphatic hydroxyl groups is 1. The fourth-order valence-corrected chi connectivity index (χ4v) is 5.95. The lowest BCUT2D eigenvalue weighted by Gasteiger charge is -2.27. The number of aromatic amines is 1. The lowest BCUT2D eigenvalue weighted by atomic mass is 10.1. The van der Waals surface area contributed by atoms with E-state index < -0.39 is 37.9 Å². The van der Waals surface area contributed by atoms with E-state index in [0.29, 0.717) is 5.16 Å². The quantitative estimate of drug-likeness (QED) is 0.359. The number of nitrogens with zero attached hydrogens (tertiary/aromatic N) is 3. The van der Waals surface area contributed by atoms with Gasteiger partial charge in [-0.05, 0) is 18.2 Å². The Labute approximate surface area is 186 Å². The van der Waals surface area contributed by atoms with E-state index in [1.165, 1.54) is 16.3 Å². The van der Waals surface area contributed by atoms with Gasteiger partial charge in [0.1, 0.15) is 18.3 Å². The van der Waals surface area contributed by atoms with Crippen molar-refractivity contribution in [3.63, 3.8) is 0 Å². The minimum Gasteiger partial charge on any atom is -0.386 e. The Morgan fingerprint density at radius 3 is 2.97 bits per heavy atom. The molecule has 3 aromatic rings. The SMILES string of the molecule is Nc1nc2c(nc(Sc3cccc(Br)c3)n2[C@@H]2O[C@@H]3COP(=O)(O)O[C@H]3[C@H]2O)c(=O)[nH]1. The van der Waals surface area contributed by atoms with Gasteiger partial charge < -0.3 is 20.5 Å². The van der Waals surface area contributed by atoms with Gasteiger partial charge in [-0.2, -0.15) is 4.98 Å². The molecule has 5 rings (SSSR count). The summed E-state index contributed by atoms with van der Waals surface area (Å²) in [6.07, 6.45) is -4.41. The first-order chi connectivity index (χ1) is 14.7. The maximum absolute atomic E-state index is 12.4. The van der Waals surface area contributed by atoms with Crippen molar-refractivity contribution in [2.75, 3.05) is 12.3 Å². The van der Waals surface area contributed by atoms with Crippen molar-refractivity contribution in [2.24, 2.45) is 0 Å². The van der Waals surface area contributed by atoms with Gasteiger partial charge in [-0.1, -0.05) is 33.8 Å². The van der Waals surface area contributed by atoms with Crippen molar-refractivity contribution >= 4 is 52.6 Å². The molecule has 2 aliphatic heterocycles. The number of benzene rings is 1. The fourth-order valence-electron chi connectivity index (χ4n) is 3.47. The average molecular weight is 532 g/mol. The fraction of sp³-hybridized carbons (Fsp3) is 0.312. The largest absolute Gasteiger partial charge is 0.472 e. The monoisotopic (exact) mass is 531 g/mol. The summed E-state index contributed by atoms with van der Waals surface area (Å²) in [7, 11) is -4.30. The molecule has 164 valence electrons. The first kappa shape index (κ1) is 21.1. The molecular formula is C16H15BrN5O7PS. The van der Waals surface area contributed by atoms with E-state index in [2.05, 4.69) is 30.9 Å². The van der Waals surface area contributed by atoms with Gasteiger partial charge in [0.15, 0.2) is 22.5 Å². The topological polar surface area (TPSA) is 175 Å². The lowest BCUT2D eigenvalue weighted by Crippen LogP contribution is -2.39. The van der Waals surface area contributed by atoms with Crippen LogP contribution in [0.15, 0.2) is 43.6 Å². The molecule has 2 aliphatic rings. The zero-order valence-corrected chi connectivity index (χ0v) is 18.7. The van der Waals surface area contributed by atoms with Crippen LogP contribution in [0.5, 0.6) is 0 Å². The maximum Gasteiger partial charge on any atom is 0.472 e. The number of phosphoric acid groups is 1. The highest BCUT2D eigenvalue weighted by molar-refractivity contribution is 9.10. The number of aliphatic hydroxyl groups excluding tert-OH is 1. The summed E-state index contributed by atoms with van der Waals surface area (Å²) in [5.74, 6) is -0.137. The molecule has 0 radical (unpaired) electrons. The Morgan fingerprint density at radius 2 is 2.19 bits per heavy atom. The van der Waals surface area contributed by atoms with E-state index in [4.69, 9.17) is 19.5 Å². The molecule has 0 saturated carbocycles. The summed E-state index contributed by atoms with van der Waals surface area (Å²) in [6, 6.07) is 7.39. The third-order valence-electron chi connectivity index (χ3n) is 4.76. The smallest absolute Gasteiger partial charge is 0.386 e. The number of phosphoric ester groups is 1. The van der Waals surface area contributed by atoms with Gasteiger partial charge >= 0.3 is 7.82 Å². The summed E-state index contributed by atoms with van der Waals surface area (Å²) >= 11 is 4.62. The van der Waals surface area contributed by atoms with Gasteiger partial charge in [-0.3, -0.25) is 23.4 Å². The third kappa shape index (κ3) is 3.83. The number of H-pyrrole nitrogens is 1. The van der Waals surface area contributed by atoms with Gasteiger partial charge in [-0.15, -0.1) is 0 Å². The van der Waals surface area contributed by atoms with Crippen molar-refractivity contribution in [3.8, 4) is 0 Å². The van der Waals surface area contributed by atoms with Gasteiger partial charge in [-0.25, -0.2) is 9.55 Å². The number of imidazole rings is 1. The number of halogens is 1. The number of nitrogens with two attached hydrogens (primary N) is 1. The molecule has 0 bridgehead atoms. The van der Waals surface area contributed by atoms with Crippen LogP contribution in [0.3, 0.4) is 0 Å². The highest BCUT2D eigenvalue weighted by Crippen LogP contribution is 2.53. The Hall–Kier alpha value is -1.77. The number of ether oxygens (including phenoxy) is 1. The highest BCUT2D eigenvalue weighted by atomic mass is 79.9. The van der Waals surface area contributed by atoms with Crippen LogP contribution in [-0.4, -0.2) is 54.4 Å². The Morgan fingerprint density at radius 1 is 1.39 bits per heavy atom. The van der Waals surface area contributed by atoms with Crippen molar-refractivity contribution < 1.29 is 28.3 Å². The predicted molar refractivity (Wildman–Crippen MR) is 111 cm³/mol. The number of hydrogen-bond donors (Lipinski definition) is 4. The van der Waals surface area contributed by atoms with Crippen LogP contribution < -0.4 is 11.3 Å². The third-order valence-corrected chi connectivity index (χ3v) is 7.20. The average Bonchev–Trinajstić information content (AvgIpc) is 3.19. The lowest BCUT2D eigenvalue weighted by molar-refractivity contribution is -0.0684. The molecule has 5 atom stereocenters. The van der Waals surface area contributed by atoms with Crippen LogP contribution in [0, 0.1) is 0 Å². The first-order valence-electron chi connectivity index (χ1n) is 8.92. The van der Waals surface area contributed by atoms with E-state index >= 15 is 0 Å². The molecule has 1 unspecified atom stereocenters. The van der Waals surface area contributed by atoms with Crippen molar-refractivity contribution in [2.45, 2.75) is 34.6 Å². The predicted octanol–water partition coefficient (Wildman–Crippen LogP) is 1.39. The molecule has 2 fully saturated rings. The van der Waals surface area contributed by atoms with Gasteiger partial charge in [0.2, 0.25) is 5.95 Å². The van der Waals surface area contributed by atoms with Crippen LogP contribution >= 0.6 is 35.5 Å². The summed E-state index contributed by atoms with van der Waals surface area (Å²) in [6.45, 7) is -0.247. The second-order valence-electron chi connectivity index (χ2n) is 6.84. The Balaban J connectivity index is 1.63.